The zero-order valence-electron chi connectivity index (χ0n) is 9.34. The van der Waals surface area contributed by atoms with Crippen LogP contribution in [0.3, 0.4) is 0 Å². The van der Waals surface area contributed by atoms with Gasteiger partial charge in [-0.1, -0.05) is 15.9 Å². The molecule has 0 saturated carbocycles. The van der Waals surface area contributed by atoms with E-state index in [9.17, 15) is 4.79 Å². The third-order valence-electron chi connectivity index (χ3n) is 2.16. The molecule has 0 fully saturated rings. The first-order valence-corrected chi connectivity index (χ1v) is 5.68. The molecule has 0 spiro atoms. The number of rotatable bonds is 4. The average Bonchev–Trinajstić information content (AvgIpc) is 2.22. The summed E-state index contributed by atoms with van der Waals surface area (Å²) >= 11 is 3.36. The molecule has 1 amide bonds. The highest BCUT2D eigenvalue weighted by Crippen LogP contribution is 2.27. The average molecular weight is 287 g/mol. The summed E-state index contributed by atoms with van der Waals surface area (Å²) in [4.78, 5) is 11.5. The second-order valence-corrected chi connectivity index (χ2v) is 4.39. The van der Waals surface area contributed by atoms with Gasteiger partial charge in [-0.25, -0.2) is 0 Å². The summed E-state index contributed by atoms with van der Waals surface area (Å²) in [5.74, 6) is -0.106. The molecule has 0 aliphatic heterocycles. The summed E-state index contributed by atoms with van der Waals surface area (Å²) in [6.45, 7) is 2.30. The monoisotopic (exact) mass is 286 g/mol. The molecular weight excluding hydrogens is 272 g/mol. The van der Waals surface area contributed by atoms with Crippen LogP contribution in [0.5, 0.6) is 0 Å². The number of methoxy groups -OCH3 is 1. The molecule has 1 aromatic rings. The van der Waals surface area contributed by atoms with Crippen molar-refractivity contribution in [1.82, 2.24) is 0 Å². The highest BCUT2D eigenvalue weighted by atomic mass is 79.9. The van der Waals surface area contributed by atoms with E-state index in [2.05, 4.69) is 21.2 Å². The van der Waals surface area contributed by atoms with Gasteiger partial charge in [-0.2, -0.15) is 0 Å². The van der Waals surface area contributed by atoms with E-state index in [-0.39, 0.29) is 5.91 Å². The number of hydrogen-bond acceptors (Lipinski definition) is 3. The standard InChI is InChI=1S/C11H15BrN2O2/c1-7-5-8(12)6-9(11(7)13)14-10(15)3-4-16-2/h5-6H,3-4,13H2,1-2H3,(H,14,15). The Bertz CT molecular complexity index is 394. The first-order valence-electron chi connectivity index (χ1n) is 4.89. The van der Waals surface area contributed by atoms with Crippen molar-refractivity contribution in [3.05, 3.63) is 22.2 Å². The fourth-order valence-corrected chi connectivity index (χ4v) is 1.84. The van der Waals surface area contributed by atoms with Crippen molar-refractivity contribution >= 4 is 33.2 Å². The van der Waals surface area contributed by atoms with Gasteiger partial charge in [0.1, 0.15) is 0 Å². The first kappa shape index (κ1) is 13.0. The van der Waals surface area contributed by atoms with Gasteiger partial charge in [-0.05, 0) is 24.6 Å². The van der Waals surface area contributed by atoms with Crippen LogP contribution < -0.4 is 11.1 Å². The van der Waals surface area contributed by atoms with Gasteiger partial charge in [0.05, 0.1) is 24.4 Å². The summed E-state index contributed by atoms with van der Waals surface area (Å²) in [5, 5.41) is 2.75. The van der Waals surface area contributed by atoms with Crippen LogP contribution in [0, 0.1) is 6.92 Å². The van der Waals surface area contributed by atoms with Crippen molar-refractivity contribution in [2.24, 2.45) is 0 Å². The Morgan fingerprint density at radius 1 is 1.56 bits per heavy atom. The lowest BCUT2D eigenvalue weighted by Crippen LogP contribution is -2.15. The molecular formula is C11H15BrN2O2. The van der Waals surface area contributed by atoms with Crippen molar-refractivity contribution in [2.75, 3.05) is 24.8 Å². The van der Waals surface area contributed by atoms with Crippen molar-refractivity contribution in [3.63, 3.8) is 0 Å². The molecule has 88 valence electrons. The predicted molar refractivity (Wildman–Crippen MR) is 68.4 cm³/mol. The number of nitrogen functional groups attached to an aromatic ring is 1. The van der Waals surface area contributed by atoms with E-state index < -0.39 is 0 Å². The van der Waals surface area contributed by atoms with Gasteiger partial charge in [0.2, 0.25) is 5.91 Å². The maximum absolute atomic E-state index is 11.5. The van der Waals surface area contributed by atoms with E-state index in [1.807, 2.05) is 13.0 Å². The normalized spacial score (nSPS) is 10.2. The fourth-order valence-electron chi connectivity index (χ4n) is 1.27. The van der Waals surface area contributed by atoms with E-state index in [1.54, 1.807) is 13.2 Å². The number of nitrogens with one attached hydrogen (secondary N) is 1. The summed E-state index contributed by atoms with van der Waals surface area (Å²) < 4.78 is 5.72. The fraction of sp³-hybridized carbons (Fsp3) is 0.364. The molecule has 4 nitrogen and oxygen atoms in total. The number of halogens is 1. The number of carbonyl (C=O) groups is 1. The van der Waals surface area contributed by atoms with Crippen LogP contribution in [0.1, 0.15) is 12.0 Å². The number of nitrogens with two attached hydrogens (primary N) is 1. The maximum Gasteiger partial charge on any atom is 0.226 e. The third kappa shape index (κ3) is 3.50. The maximum atomic E-state index is 11.5. The van der Waals surface area contributed by atoms with Crippen molar-refractivity contribution in [1.29, 1.82) is 0 Å². The Hall–Kier alpha value is -1.07. The van der Waals surface area contributed by atoms with Crippen LogP contribution in [0.2, 0.25) is 0 Å². The van der Waals surface area contributed by atoms with Crippen LogP contribution in [-0.2, 0) is 9.53 Å². The SMILES string of the molecule is COCCC(=O)Nc1cc(Br)cc(C)c1N. The van der Waals surface area contributed by atoms with E-state index in [1.165, 1.54) is 0 Å². The zero-order valence-corrected chi connectivity index (χ0v) is 10.9. The number of aryl methyl sites for hydroxylation is 1. The van der Waals surface area contributed by atoms with E-state index >= 15 is 0 Å². The molecule has 0 saturated heterocycles. The number of amides is 1. The summed E-state index contributed by atoms with van der Waals surface area (Å²) in [7, 11) is 1.56. The molecule has 1 aromatic carbocycles. The van der Waals surface area contributed by atoms with Gasteiger partial charge in [0, 0.05) is 11.6 Å². The molecule has 0 aliphatic carbocycles. The highest BCUT2D eigenvalue weighted by Gasteiger charge is 2.07. The molecule has 0 bridgehead atoms. The molecule has 0 aliphatic rings. The number of anilines is 2. The Morgan fingerprint density at radius 3 is 2.88 bits per heavy atom. The molecule has 0 atom stereocenters. The lowest BCUT2D eigenvalue weighted by Gasteiger charge is -2.10. The van der Waals surface area contributed by atoms with Gasteiger partial charge in [0.25, 0.3) is 0 Å². The molecule has 3 N–H and O–H groups in total. The summed E-state index contributed by atoms with van der Waals surface area (Å²) in [6.07, 6.45) is 0.321. The molecule has 1 rings (SSSR count). The first-order chi connectivity index (χ1) is 7.54. The van der Waals surface area contributed by atoms with Crippen molar-refractivity contribution < 1.29 is 9.53 Å². The Morgan fingerprint density at radius 2 is 2.25 bits per heavy atom. The van der Waals surface area contributed by atoms with E-state index in [0.717, 1.165) is 10.0 Å². The Kier molecular flexibility index (Phi) is 4.76. The minimum absolute atomic E-state index is 0.106. The van der Waals surface area contributed by atoms with Crippen molar-refractivity contribution in [2.45, 2.75) is 13.3 Å². The number of benzene rings is 1. The van der Waals surface area contributed by atoms with Gasteiger partial charge < -0.3 is 15.8 Å². The van der Waals surface area contributed by atoms with Gasteiger partial charge in [-0.15, -0.1) is 0 Å². The topological polar surface area (TPSA) is 64.3 Å². The summed E-state index contributed by atoms with van der Waals surface area (Å²) in [5.41, 5.74) is 8.01. The van der Waals surface area contributed by atoms with Crippen LogP contribution in [-0.4, -0.2) is 19.6 Å². The molecule has 0 aromatic heterocycles. The summed E-state index contributed by atoms with van der Waals surface area (Å²) in [6, 6.07) is 3.69. The zero-order chi connectivity index (χ0) is 12.1. The third-order valence-corrected chi connectivity index (χ3v) is 2.62. The van der Waals surface area contributed by atoms with Crippen LogP contribution in [0.25, 0.3) is 0 Å². The Labute approximate surface area is 103 Å². The van der Waals surface area contributed by atoms with Crippen LogP contribution in [0.15, 0.2) is 16.6 Å². The Balaban J connectivity index is 2.77. The van der Waals surface area contributed by atoms with Crippen LogP contribution in [0.4, 0.5) is 11.4 Å². The molecule has 16 heavy (non-hydrogen) atoms. The van der Waals surface area contributed by atoms with Crippen molar-refractivity contribution in [3.8, 4) is 0 Å². The minimum Gasteiger partial charge on any atom is -0.397 e. The van der Waals surface area contributed by atoms with E-state index in [0.29, 0.717) is 24.4 Å². The lowest BCUT2D eigenvalue weighted by molar-refractivity contribution is -0.117. The largest absolute Gasteiger partial charge is 0.397 e. The minimum atomic E-state index is -0.106. The van der Waals surface area contributed by atoms with Gasteiger partial charge in [0.15, 0.2) is 0 Å². The second kappa shape index (κ2) is 5.86. The number of hydrogen-bond donors (Lipinski definition) is 2. The molecule has 0 unspecified atom stereocenters. The lowest BCUT2D eigenvalue weighted by atomic mass is 10.1. The quantitative estimate of drug-likeness (QED) is 0.835. The second-order valence-electron chi connectivity index (χ2n) is 3.47. The molecule has 5 heteroatoms. The van der Waals surface area contributed by atoms with Gasteiger partial charge in [-0.3, -0.25) is 4.79 Å². The number of ether oxygens (including phenoxy) is 1. The smallest absolute Gasteiger partial charge is 0.226 e. The predicted octanol–water partition coefficient (Wildman–Crippen LogP) is 2.31. The molecule has 0 heterocycles. The van der Waals surface area contributed by atoms with Crippen LogP contribution >= 0.6 is 15.9 Å². The van der Waals surface area contributed by atoms with E-state index in [4.69, 9.17) is 10.5 Å². The highest BCUT2D eigenvalue weighted by molar-refractivity contribution is 9.10. The van der Waals surface area contributed by atoms with Gasteiger partial charge >= 0.3 is 0 Å². The number of carbonyl (C=O) groups excluding carboxylic acids is 1. The molecule has 0 radical (unpaired) electrons.